The van der Waals surface area contributed by atoms with Gasteiger partial charge in [0.1, 0.15) is 0 Å². The lowest BCUT2D eigenvalue weighted by Gasteiger charge is -2.46. The predicted octanol–water partition coefficient (Wildman–Crippen LogP) is 2.99. The van der Waals surface area contributed by atoms with E-state index in [1.165, 1.54) is 45.2 Å². The van der Waals surface area contributed by atoms with E-state index in [2.05, 4.69) is 35.5 Å². The number of nitrogens with zero attached hydrogens (tertiary/aromatic N) is 1. The first-order valence-corrected chi connectivity index (χ1v) is 7.98. The van der Waals surface area contributed by atoms with E-state index >= 15 is 0 Å². The first-order valence-electron chi connectivity index (χ1n) is 7.98. The summed E-state index contributed by atoms with van der Waals surface area (Å²) in [6.07, 6.45) is 13.6. The summed E-state index contributed by atoms with van der Waals surface area (Å²) in [5.41, 5.74) is 4.94. The van der Waals surface area contributed by atoms with Crippen molar-refractivity contribution >= 4 is 0 Å². The molecule has 1 N–H and O–H groups in total. The van der Waals surface area contributed by atoms with Crippen LogP contribution in [0.4, 0.5) is 0 Å². The second kappa shape index (κ2) is 4.52. The van der Waals surface area contributed by atoms with Crippen LogP contribution in [0.25, 0.3) is 0 Å². The van der Waals surface area contributed by atoms with Crippen LogP contribution in [0.2, 0.25) is 0 Å². The normalized spacial score (nSPS) is 36.7. The van der Waals surface area contributed by atoms with Crippen molar-refractivity contribution in [1.82, 2.24) is 10.2 Å². The van der Waals surface area contributed by atoms with Crippen molar-refractivity contribution in [2.45, 2.75) is 51.1 Å². The molecule has 0 amide bonds. The molecule has 2 heteroatoms. The monoisotopic (exact) mass is 256 g/mol. The number of nitrogens with one attached hydrogen (secondary N) is 1. The Hall–Kier alpha value is -1.02. The zero-order valence-corrected chi connectivity index (χ0v) is 11.9. The first-order chi connectivity index (χ1) is 9.38. The molecular weight excluding hydrogens is 232 g/mol. The molecule has 1 unspecified atom stereocenters. The van der Waals surface area contributed by atoms with Gasteiger partial charge in [0, 0.05) is 18.2 Å². The minimum absolute atomic E-state index is 0.595. The van der Waals surface area contributed by atoms with E-state index in [0.717, 1.165) is 12.0 Å². The smallest absolute Gasteiger partial charge is 0.0549 e. The molecule has 2 nitrogen and oxygen atoms in total. The second-order valence-electron chi connectivity index (χ2n) is 6.45. The van der Waals surface area contributed by atoms with Gasteiger partial charge in [-0.2, -0.15) is 0 Å². The number of hydrogen-bond donors (Lipinski definition) is 1. The van der Waals surface area contributed by atoms with E-state index in [0.29, 0.717) is 6.04 Å². The van der Waals surface area contributed by atoms with Crippen molar-refractivity contribution < 1.29 is 0 Å². The lowest BCUT2D eigenvalue weighted by atomic mass is 9.70. The first kappa shape index (κ1) is 11.8. The van der Waals surface area contributed by atoms with Crippen molar-refractivity contribution in [2.75, 3.05) is 13.1 Å². The number of piperidine rings is 1. The summed E-state index contributed by atoms with van der Waals surface area (Å²) in [5, 5.41) is 3.60. The van der Waals surface area contributed by atoms with Crippen LogP contribution in [-0.2, 0) is 0 Å². The standard InChI is InChI=1S/C17H24N2/c1-2-8-19-9-4-6-13-14-5-3-7-15-17(14)12(11-18-15)10-16(13)19/h3,5,11,13,15-16,18H,2,4,6-10H2,1H3/t13-,15?,16-/m1/s1. The molecule has 2 aliphatic heterocycles. The summed E-state index contributed by atoms with van der Waals surface area (Å²) >= 11 is 0. The van der Waals surface area contributed by atoms with Crippen molar-refractivity contribution in [3.05, 3.63) is 35.1 Å². The summed E-state index contributed by atoms with van der Waals surface area (Å²) in [7, 11) is 0. The van der Waals surface area contributed by atoms with Gasteiger partial charge in [0.25, 0.3) is 0 Å². The van der Waals surface area contributed by atoms with Crippen LogP contribution < -0.4 is 5.32 Å². The molecule has 0 aromatic heterocycles. The third kappa shape index (κ3) is 1.73. The topological polar surface area (TPSA) is 15.3 Å². The van der Waals surface area contributed by atoms with E-state index in [-0.39, 0.29) is 0 Å². The molecule has 4 aliphatic rings. The van der Waals surface area contributed by atoms with Crippen LogP contribution >= 0.6 is 0 Å². The molecule has 0 aromatic carbocycles. The van der Waals surface area contributed by atoms with Crippen LogP contribution in [0.5, 0.6) is 0 Å². The molecule has 1 saturated heterocycles. The Bertz CT molecular complexity index is 470. The molecule has 0 bridgehead atoms. The summed E-state index contributed by atoms with van der Waals surface area (Å²) in [4.78, 5) is 2.76. The second-order valence-corrected chi connectivity index (χ2v) is 6.45. The lowest BCUT2D eigenvalue weighted by molar-refractivity contribution is 0.105. The summed E-state index contributed by atoms with van der Waals surface area (Å²) in [5.74, 6) is 0.798. The fraction of sp³-hybridized carbons (Fsp3) is 0.647. The molecule has 0 aromatic rings. The van der Waals surface area contributed by atoms with Gasteiger partial charge in [-0.15, -0.1) is 0 Å². The zero-order valence-electron chi connectivity index (χ0n) is 11.9. The van der Waals surface area contributed by atoms with E-state index in [1.807, 2.05) is 0 Å². The number of allylic oxidation sites excluding steroid dienone is 1. The molecular formula is C17H24N2. The summed E-state index contributed by atoms with van der Waals surface area (Å²) < 4.78 is 0. The quantitative estimate of drug-likeness (QED) is 0.817. The lowest BCUT2D eigenvalue weighted by Crippen LogP contribution is -2.48. The molecule has 1 fully saturated rings. The molecule has 2 aliphatic carbocycles. The Kier molecular flexibility index (Phi) is 2.80. The molecule has 102 valence electrons. The molecule has 0 spiro atoms. The van der Waals surface area contributed by atoms with Gasteiger partial charge in [0.15, 0.2) is 0 Å². The van der Waals surface area contributed by atoms with Gasteiger partial charge in [-0.3, -0.25) is 4.90 Å². The Morgan fingerprint density at radius 1 is 1.42 bits per heavy atom. The summed E-state index contributed by atoms with van der Waals surface area (Å²) in [6.45, 7) is 4.90. The number of hydrogen-bond acceptors (Lipinski definition) is 2. The van der Waals surface area contributed by atoms with Crippen molar-refractivity contribution in [3.8, 4) is 0 Å². The fourth-order valence-electron chi connectivity index (χ4n) is 4.62. The molecule has 2 heterocycles. The van der Waals surface area contributed by atoms with Crippen LogP contribution in [0.3, 0.4) is 0 Å². The highest BCUT2D eigenvalue weighted by molar-refractivity contribution is 5.53. The number of likely N-dealkylation sites (tertiary alicyclic amines) is 1. The van der Waals surface area contributed by atoms with Crippen LogP contribution in [0.15, 0.2) is 35.1 Å². The van der Waals surface area contributed by atoms with Gasteiger partial charge in [0.2, 0.25) is 0 Å². The van der Waals surface area contributed by atoms with E-state index in [9.17, 15) is 0 Å². The predicted molar refractivity (Wildman–Crippen MR) is 78.8 cm³/mol. The minimum atomic E-state index is 0.595. The van der Waals surface area contributed by atoms with Gasteiger partial charge in [-0.1, -0.05) is 19.1 Å². The fourth-order valence-corrected chi connectivity index (χ4v) is 4.62. The highest BCUT2D eigenvalue weighted by atomic mass is 15.2. The maximum atomic E-state index is 3.60. The number of rotatable bonds is 2. The van der Waals surface area contributed by atoms with E-state index < -0.39 is 0 Å². The van der Waals surface area contributed by atoms with Gasteiger partial charge < -0.3 is 5.32 Å². The maximum Gasteiger partial charge on any atom is 0.0549 e. The molecule has 0 saturated carbocycles. The van der Waals surface area contributed by atoms with E-state index in [1.54, 1.807) is 16.7 Å². The Labute approximate surface area is 116 Å². The number of fused-ring (bicyclic) bond motifs is 2. The largest absolute Gasteiger partial charge is 0.384 e. The molecule has 19 heavy (non-hydrogen) atoms. The van der Waals surface area contributed by atoms with Gasteiger partial charge in [-0.25, -0.2) is 0 Å². The third-order valence-electron chi connectivity index (χ3n) is 5.37. The molecule has 3 atom stereocenters. The molecule has 4 rings (SSSR count). The highest BCUT2D eigenvalue weighted by Gasteiger charge is 2.42. The van der Waals surface area contributed by atoms with Crippen molar-refractivity contribution in [2.24, 2.45) is 5.92 Å². The Morgan fingerprint density at radius 2 is 2.37 bits per heavy atom. The molecule has 0 radical (unpaired) electrons. The average Bonchev–Trinajstić information content (AvgIpc) is 2.85. The Morgan fingerprint density at radius 3 is 3.26 bits per heavy atom. The van der Waals surface area contributed by atoms with Crippen molar-refractivity contribution in [1.29, 1.82) is 0 Å². The van der Waals surface area contributed by atoms with Gasteiger partial charge >= 0.3 is 0 Å². The van der Waals surface area contributed by atoms with Crippen LogP contribution in [0, 0.1) is 5.92 Å². The highest BCUT2D eigenvalue weighted by Crippen LogP contribution is 2.46. The Balaban J connectivity index is 1.72. The van der Waals surface area contributed by atoms with Crippen LogP contribution in [-0.4, -0.2) is 30.1 Å². The van der Waals surface area contributed by atoms with Gasteiger partial charge in [-0.05, 0) is 61.9 Å². The van der Waals surface area contributed by atoms with Crippen molar-refractivity contribution in [3.63, 3.8) is 0 Å². The average molecular weight is 256 g/mol. The minimum Gasteiger partial charge on any atom is -0.384 e. The van der Waals surface area contributed by atoms with Crippen LogP contribution in [0.1, 0.15) is 39.0 Å². The van der Waals surface area contributed by atoms with Gasteiger partial charge in [0.05, 0.1) is 6.04 Å². The SMILES string of the molecule is CCCN1CCC[C@@H]2C3=C4C(=CNC4CC=C3)C[C@H]21. The third-order valence-corrected chi connectivity index (χ3v) is 5.37. The maximum absolute atomic E-state index is 3.60. The summed E-state index contributed by atoms with van der Waals surface area (Å²) in [6, 6.07) is 1.36. The zero-order chi connectivity index (χ0) is 12.8. The van der Waals surface area contributed by atoms with E-state index in [4.69, 9.17) is 0 Å².